The number of hydrogen-bond acceptors (Lipinski definition) is 4. The number of carbonyl (C=O) groups excluding carboxylic acids is 1. The summed E-state index contributed by atoms with van der Waals surface area (Å²) in [6.07, 6.45) is 3.37. The van der Waals surface area contributed by atoms with E-state index in [0.29, 0.717) is 11.4 Å². The van der Waals surface area contributed by atoms with Gasteiger partial charge in [0.05, 0.1) is 11.4 Å². The Hall–Kier alpha value is -2.44. The lowest BCUT2D eigenvalue weighted by atomic mass is 10.2. The van der Waals surface area contributed by atoms with Crippen molar-refractivity contribution in [3.8, 4) is 0 Å². The molecule has 0 unspecified atom stereocenters. The van der Waals surface area contributed by atoms with Gasteiger partial charge in [0.25, 0.3) is 5.91 Å². The Balaban J connectivity index is 2.10. The van der Waals surface area contributed by atoms with E-state index in [4.69, 9.17) is 0 Å². The van der Waals surface area contributed by atoms with Crippen molar-refractivity contribution in [2.75, 3.05) is 0 Å². The van der Waals surface area contributed by atoms with Crippen molar-refractivity contribution in [1.82, 2.24) is 25.4 Å². The van der Waals surface area contributed by atoms with E-state index in [1.807, 2.05) is 27.1 Å². The molecule has 0 radical (unpaired) electrons. The van der Waals surface area contributed by atoms with Crippen molar-refractivity contribution < 1.29 is 4.79 Å². The first-order valence-electron chi connectivity index (χ1n) is 5.42. The van der Waals surface area contributed by atoms with E-state index in [2.05, 4.69) is 25.8 Å². The third-order valence-corrected chi connectivity index (χ3v) is 2.47. The largest absolute Gasteiger partial charge is 0.289 e. The molecule has 0 saturated carbocycles. The van der Waals surface area contributed by atoms with Crippen molar-refractivity contribution >= 4 is 11.6 Å². The number of aromatic amines is 1. The van der Waals surface area contributed by atoms with E-state index in [0.717, 1.165) is 11.3 Å². The molecule has 2 aromatic heterocycles. The molecule has 94 valence electrons. The van der Waals surface area contributed by atoms with Gasteiger partial charge in [0.15, 0.2) is 0 Å². The summed E-state index contributed by atoms with van der Waals surface area (Å²) in [6, 6.07) is 1.58. The fourth-order valence-electron chi connectivity index (χ4n) is 1.59. The Morgan fingerprint density at radius 1 is 1.56 bits per heavy atom. The van der Waals surface area contributed by atoms with E-state index < -0.39 is 0 Å². The third-order valence-electron chi connectivity index (χ3n) is 2.47. The first kappa shape index (κ1) is 12.0. The summed E-state index contributed by atoms with van der Waals surface area (Å²) in [5.74, 6) is -0.326. The zero-order valence-electron chi connectivity index (χ0n) is 10.4. The summed E-state index contributed by atoms with van der Waals surface area (Å²) >= 11 is 0. The average Bonchev–Trinajstić information content (AvgIpc) is 2.95. The molecule has 2 rings (SSSR count). The number of H-pyrrole nitrogens is 1. The summed E-state index contributed by atoms with van der Waals surface area (Å²) < 4.78 is 1.71. The lowest BCUT2D eigenvalue weighted by molar-refractivity contribution is 0.0950. The molecule has 0 fully saturated rings. The summed E-state index contributed by atoms with van der Waals surface area (Å²) in [5.41, 5.74) is 5.31. The monoisotopic (exact) mass is 246 g/mol. The molecule has 1 amide bonds. The van der Waals surface area contributed by atoms with Crippen molar-refractivity contribution in [3.05, 3.63) is 35.4 Å². The average molecular weight is 246 g/mol. The van der Waals surface area contributed by atoms with Crippen LogP contribution in [0.5, 0.6) is 0 Å². The van der Waals surface area contributed by atoms with E-state index in [-0.39, 0.29) is 5.91 Å². The van der Waals surface area contributed by atoms with Crippen LogP contribution >= 0.6 is 0 Å². The van der Waals surface area contributed by atoms with Gasteiger partial charge in [-0.2, -0.15) is 15.3 Å². The minimum absolute atomic E-state index is 0.326. The fraction of sp³-hybridized carbons (Fsp3) is 0.273. The molecular weight excluding hydrogens is 232 g/mol. The van der Waals surface area contributed by atoms with Gasteiger partial charge >= 0.3 is 0 Å². The predicted molar refractivity (Wildman–Crippen MR) is 66.2 cm³/mol. The molecule has 0 saturated heterocycles. The van der Waals surface area contributed by atoms with E-state index in [1.54, 1.807) is 10.7 Å². The molecule has 0 spiro atoms. The minimum atomic E-state index is -0.326. The lowest BCUT2D eigenvalue weighted by Crippen LogP contribution is -2.19. The second-order valence-electron chi connectivity index (χ2n) is 3.91. The number of nitrogens with zero attached hydrogens (tertiary/aromatic N) is 4. The standard InChI is InChI=1S/C11H14N6O/c1-7(9-6-17(3)16-8(9)2)13-15-11(18)10-4-5-12-14-10/h4-6H,1-3H3,(H,12,14)(H,15,18)/b13-7-. The van der Waals surface area contributed by atoms with Gasteiger partial charge < -0.3 is 0 Å². The molecule has 2 N–H and O–H groups in total. The van der Waals surface area contributed by atoms with Gasteiger partial charge in [-0.25, -0.2) is 5.43 Å². The Morgan fingerprint density at radius 3 is 2.89 bits per heavy atom. The number of hydrazone groups is 1. The van der Waals surface area contributed by atoms with Gasteiger partial charge in [-0.1, -0.05) is 0 Å². The summed E-state index contributed by atoms with van der Waals surface area (Å²) in [6.45, 7) is 3.71. The number of nitrogens with one attached hydrogen (secondary N) is 2. The molecule has 2 aromatic rings. The van der Waals surface area contributed by atoms with Gasteiger partial charge in [0.1, 0.15) is 5.69 Å². The van der Waals surface area contributed by atoms with Crippen LogP contribution in [0.25, 0.3) is 0 Å². The molecule has 0 aliphatic rings. The van der Waals surface area contributed by atoms with Crippen molar-refractivity contribution in [1.29, 1.82) is 0 Å². The van der Waals surface area contributed by atoms with Crippen LogP contribution in [-0.4, -0.2) is 31.6 Å². The highest BCUT2D eigenvalue weighted by atomic mass is 16.2. The van der Waals surface area contributed by atoms with Crippen LogP contribution in [0.2, 0.25) is 0 Å². The fourth-order valence-corrected chi connectivity index (χ4v) is 1.59. The summed E-state index contributed by atoms with van der Waals surface area (Å²) in [4.78, 5) is 11.6. The molecular formula is C11H14N6O. The summed E-state index contributed by atoms with van der Waals surface area (Å²) in [5, 5.41) is 14.5. The maximum Gasteiger partial charge on any atom is 0.289 e. The third kappa shape index (κ3) is 2.45. The molecule has 0 atom stereocenters. The maximum atomic E-state index is 11.6. The molecule has 2 heterocycles. The SMILES string of the molecule is C/C(=N/NC(=O)c1ccn[nH]1)c1cn(C)nc1C. The molecule has 0 bridgehead atoms. The Labute approximate surface area is 104 Å². The van der Waals surface area contributed by atoms with Crippen LogP contribution in [0.4, 0.5) is 0 Å². The smallest absolute Gasteiger partial charge is 0.275 e. The van der Waals surface area contributed by atoms with Gasteiger partial charge in [-0.15, -0.1) is 0 Å². The highest BCUT2D eigenvalue weighted by Crippen LogP contribution is 2.05. The number of aryl methyl sites for hydroxylation is 2. The highest BCUT2D eigenvalue weighted by Gasteiger charge is 2.08. The quantitative estimate of drug-likeness (QED) is 0.614. The van der Waals surface area contributed by atoms with Crippen LogP contribution in [0.3, 0.4) is 0 Å². The molecule has 0 aliphatic heterocycles. The highest BCUT2D eigenvalue weighted by molar-refractivity contribution is 6.01. The first-order chi connectivity index (χ1) is 8.58. The summed E-state index contributed by atoms with van der Waals surface area (Å²) in [7, 11) is 1.84. The van der Waals surface area contributed by atoms with E-state index in [9.17, 15) is 4.79 Å². The zero-order valence-corrected chi connectivity index (χ0v) is 10.4. The van der Waals surface area contributed by atoms with Crippen LogP contribution in [0.1, 0.15) is 28.7 Å². The number of carbonyl (C=O) groups is 1. The molecule has 7 heteroatoms. The predicted octanol–water partition coefficient (Wildman–Crippen LogP) is 0.606. The minimum Gasteiger partial charge on any atom is -0.275 e. The van der Waals surface area contributed by atoms with Gasteiger partial charge in [-0.3, -0.25) is 14.6 Å². The first-order valence-corrected chi connectivity index (χ1v) is 5.42. The van der Waals surface area contributed by atoms with Crippen LogP contribution in [0.15, 0.2) is 23.6 Å². The normalized spacial score (nSPS) is 11.6. The van der Waals surface area contributed by atoms with Gasteiger partial charge in [0, 0.05) is 25.0 Å². The molecule has 7 nitrogen and oxygen atoms in total. The van der Waals surface area contributed by atoms with Crippen LogP contribution < -0.4 is 5.43 Å². The van der Waals surface area contributed by atoms with Crippen molar-refractivity contribution in [3.63, 3.8) is 0 Å². The number of hydrogen-bond donors (Lipinski definition) is 2. The number of amides is 1. The Bertz CT molecular complexity index is 581. The second-order valence-corrected chi connectivity index (χ2v) is 3.91. The molecule has 0 aliphatic carbocycles. The lowest BCUT2D eigenvalue weighted by Gasteiger charge is -1.99. The number of aromatic nitrogens is 4. The molecule has 0 aromatic carbocycles. The Kier molecular flexibility index (Phi) is 3.22. The topological polar surface area (TPSA) is 88.0 Å². The Morgan fingerprint density at radius 2 is 2.33 bits per heavy atom. The van der Waals surface area contributed by atoms with E-state index >= 15 is 0 Å². The van der Waals surface area contributed by atoms with Crippen LogP contribution in [-0.2, 0) is 7.05 Å². The number of rotatable bonds is 3. The maximum absolute atomic E-state index is 11.6. The molecule has 18 heavy (non-hydrogen) atoms. The van der Waals surface area contributed by atoms with Crippen LogP contribution in [0, 0.1) is 6.92 Å². The van der Waals surface area contributed by atoms with E-state index in [1.165, 1.54) is 6.20 Å². The second kappa shape index (κ2) is 4.82. The van der Waals surface area contributed by atoms with Gasteiger partial charge in [0.2, 0.25) is 0 Å². The van der Waals surface area contributed by atoms with Gasteiger partial charge in [-0.05, 0) is 19.9 Å². The zero-order chi connectivity index (χ0) is 13.1. The van der Waals surface area contributed by atoms with Crippen molar-refractivity contribution in [2.45, 2.75) is 13.8 Å². The van der Waals surface area contributed by atoms with Crippen molar-refractivity contribution in [2.24, 2.45) is 12.1 Å².